The first kappa shape index (κ1) is 20.8. The van der Waals surface area contributed by atoms with Gasteiger partial charge in [-0.05, 0) is 36.6 Å². The quantitative estimate of drug-likeness (QED) is 0.388. The number of aromatic amines is 1. The molecule has 5 N–H and O–H groups in total. The van der Waals surface area contributed by atoms with Gasteiger partial charge >= 0.3 is 7.82 Å². The molecule has 3 aromatic rings. The van der Waals surface area contributed by atoms with Crippen LogP contribution in [0.5, 0.6) is 5.75 Å². The fourth-order valence-corrected chi connectivity index (χ4v) is 4.50. The summed E-state index contributed by atoms with van der Waals surface area (Å²) in [7, 11) is -4.41. The van der Waals surface area contributed by atoms with Crippen molar-refractivity contribution in [2.24, 2.45) is 11.8 Å². The van der Waals surface area contributed by atoms with Crippen LogP contribution < -0.4 is 15.8 Å². The number of H-pyrrole nitrogens is 1. The van der Waals surface area contributed by atoms with Gasteiger partial charge in [-0.3, -0.25) is 19.2 Å². The topological polar surface area (TPSA) is 166 Å². The molecule has 11 nitrogen and oxygen atoms in total. The van der Waals surface area contributed by atoms with E-state index in [1.54, 1.807) is 4.57 Å². The Morgan fingerprint density at radius 3 is 2.80 bits per heavy atom. The first-order valence-electron chi connectivity index (χ1n) is 9.03. The summed E-state index contributed by atoms with van der Waals surface area (Å²) in [5.74, 6) is -0.406. The van der Waals surface area contributed by atoms with Gasteiger partial charge in [0.2, 0.25) is 5.95 Å². The molecule has 0 bridgehead atoms. The number of aliphatic hydroxyl groups excluding tert-OH is 1. The molecule has 4 rings (SSSR count). The van der Waals surface area contributed by atoms with E-state index in [2.05, 4.69) is 15.0 Å². The number of aliphatic hydroxyl groups is 1. The van der Waals surface area contributed by atoms with Crippen LogP contribution in [0.1, 0.15) is 12.5 Å². The molecule has 2 aromatic heterocycles. The van der Waals surface area contributed by atoms with Gasteiger partial charge in [0.05, 0.1) is 12.9 Å². The van der Waals surface area contributed by atoms with Gasteiger partial charge < -0.3 is 19.9 Å². The molecule has 1 fully saturated rings. The van der Waals surface area contributed by atoms with Gasteiger partial charge in [-0.15, -0.1) is 0 Å². The van der Waals surface area contributed by atoms with Crippen LogP contribution in [0.3, 0.4) is 0 Å². The predicted molar refractivity (Wildman–Crippen MR) is 108 cm³/mol. The second-order valence-electron chi connectivity index (χ2n) is 6.99. The minimum Gasteiger partial charge on any atom is -0.404 e. The number of hydrogen-bond acceptors (Lipinski definition) is 8. The number of nitrogens with zero attached hydrogens (tertiary/aromatic N) is 3. The van der Waals surface area contributed by atoms with Gasteiger partial charge in [-0.25, -0.2) is 9.55 Å². The highest BCUT2D eigenvalue weighted by atomic mass is 35.5. The monoisotopic (exact) mass is 455 g/mol. The summed E-state index contributed by atoms with van der Waals surface area (Å²) in [6.07, 6.45) is 2.01. The van der Waals surface area contributed by atoms with Crippen molar-refractivity contribution in [3.8, 4) is 5.75 Å². The van der Waals surface area contributed by atoms with Crippen molar-refractivity contribution in [2.75, 3.05) is 18.9 Å². The van der Waals surface area contributed by atoms with Gasteiger partial charge in [0.15, 0.2) is 11.2 Å². The lowest BCUT2D eigenvalue weighted by atomic mass is 9.70. The van der Waals surface area contributed by atoms with Crippen LogP contribution in [0.2, 0.25) is 5.02 Å². The number of fused-ring (bicyclic) bond motifs is 1. The van der Waals surface area contributed by atoms with Crippen molar-refractivity contribution in [1.29, 1.82) is 0 Å². The molecular formula is C17H19ClN5O6P. The van der Waals surface area contributed by atoms with Gasteiger partial charge in [0.25, 0.3) is 5.56 Å². The van der Waals surface area contributed by atoms with Crippen molar-refractivity contribution < 1.29 is 23.6 Å². The molecule has 1 unspecified atom stereocenters. The SMILES string of the molecule is Nc1nc2c(ncn2[C@@H]2C[C@H](CO)[C@H]2COP(=O)(O)Oc2ccc(Cl)cc2)c(=O)[nH]1. The van der Waals surface area contributed by atoms with Crippen LogP contribution in [0.4, 0.5) is 5.95 Å². The number of phosphoric ester groups is 1. The maximum absolute atomic E-state index is 12.3. The lowest BCUT2D eigenvalue weighted by Crippen LogP contribution is -2.43. The van der Waals surface area contributed by atoms with Crippen molar-refractivity contribution in [2.45, 2.75) is 12.5 Å². The Balaban J connectivity index is 1.50. The van der Waals surface area contributed by atoms with Crippen LogP contribution in [-0.4, -0.2) is 42.7 Å². The van der Waals surface area contributed by atoms with E-state index in [9.17, 15) is 19.4 Å². The van der Waals surface area contributed by atoms with Crippen LogP contribution >= 0.6 is 19.4 Å². The number of nitrogen functional groups attached to an aromatic ring is 1. The van der Waals surface area contributed by atoms with Crippen molar-refractivity contribution in [1.82, 2.24) is 19.5 Å². The Bertz CT molecular complexity index is 1170. The number of phosphoric acid groups is 1. The van der Waals surface area contributed by atoms with Crippen molar-refractivity contribution in [3.63, 3.8) is 0 Å². The molecule has 4 atom stereocenters. The van der Waals surface area contributed by atoms with E-state index in [4.69, 9.17) is 26.4 Å². The molecule has 30 heavy (non-hydrogen) atoms. The van der Waals surface area contributed by atoms with E-state index in [0.29, 0.717) is 17.1 Å². The summed E-state index contributed by atoms with van der Waals surface area (Å²) in [5.41, 5.74) is 5.60. The van der Waals surface area contributed by atoms with Gasteiger partial charge in [-0.2, -0.15) is 4.98 Å². The highest BCUT2D eigenvalue weighted by Crippen LogP contribution is 2.50. The minimum atomic E-state index is -4.41. The summed E-state index contributed by atoms with van der Waals surface area (Å²) in [6, 6.07) is 5.68. The van der Waals surface area contributed by atoms with E-state index < -0.39 is 13.4 Å². The van der Waals surface area contributed by atoms with Gasteiger partial charge in [0, 0.05) is 23.6 Å². The number of aromatic nitrogens is 4. The molecule has 0 saturated heterocycles. The Morgan fingerprint density at radius 1 is 1.37 bits per heavy atom. The van der Waals surface area contributed by atoms with Crippen LogP contribution in [0, 0.1) is 11.8 Å². The molecule has 1 aliphatic carbocycles. The highest BCUT2D eigenvalue weighted by Gasteiger charge is 2.44. The van der Waals surface area contributed by atoms with Crippen molar-refractivity contribution >= 4 is 36.5 Å². The smallest absolute Gasteiger partial charge is 0.404 e. The number of nitrogens with two attached hydrogens (primary N) is 1. The lowest BCUT2D eigenvalue weighted by Gasteiger charge is -2.44. The largest absolute Gasteiger partial charge is 0.527 e. The molecule has 0 spiro atoms. The minimum absolute atomic E-state index is 0.0451. The zero-order chi connectivity index (χ0) is 21.5. The second-order valence-corrected chi connectivity index (χ2v) is 8.81. The number of rotatable bonds is 7. The third-order valence-electron chi connectivity index (χ3n) is 5.15. The zero-order valence-corrected chi connectivity index (χ0v) is 17.2. The first-order valence-corrected chi connectivity index (χ1v) is 10.9. The molecule has 0 radical (unpaired) electrons. The molecule has 1 aromatic carbocycles. The Labute approximate surface area is 175 Å². The summed E-state index contributed by atoms with van der Waals surface area (Å²) >= 11 is 5.79. The number of anilines is 1. The predicted octanol–water partition coefficient (Wildman–Crippen LogP) is 1.72. The van der Waals surface area contributed by atoms with E-state index in [1.165, 1.54) is 30.6 Å². The van der Waals surface area contributed by atoms with Crippen LogP contribution in [0.25, 0.3) is 11.2 Å². The summed E-state index contributed by atoms with van der Waals surface area (Å²) in [4.78, 5) is 32.6. The third-order valence-corrected chi connectivity index (χ3v) is 6.32. The number of halogens is 1. The van der Waals surface area contributed by atoms with Crippen molar-refractivity contribution in [3.05, 3.63) is 46.0 Å². The molecule has 0 amide bonds. The van der Waals surface area contributed by atoms with E-state index >= 15 is 0 Å². The van der Waals surface area contributed by atoms with E-state index in [0.717, 1.165) is 0 Å². The van der Waals surface area contributed by atoms with Crippen LogP contribution in [0.15, 0.2) is 35.4 Å². The molecule has 2 heterocycles. The summed E-state index contributed by atoms with van der Waals surface area (Å²) in [5, 5.41) is 10.1. The zero-order valence-electron chi connectivity index (χ0n) is 15.5. The highest BCUT2D eigenvalue weighted by molar-refractivity contribution is 7.47. The molecule has 160 valence electrons. The molecule has 13 heteroatoms. The number of nitrogens with one attached hydrogen (secondary N) is 1. The Kier molecular flexibility index (Phi) is 5.56. The summed E-state index contributed by atoms with van der Waals surface area (Å²) < 4.78 is 24.2. The normalized spacial score (nSPS) is 23.1. The second kappa shape index (κ2) is 8.01. The molecule has 0 aliphatic heterocycles. The molecule has 1 saturated carbocycles. The lowest BCUT2D eigenvalue weighted by molar-refractivity contribution is -0.00476. The number of imidazole rings is 1. The standard InChI is InChI=1S/C17H19ClN5O6P/c18-10-1-3-11(4-2-10)29-30(26,27)28-7-12-9(6-24)5-13(12)23-8-20-14-15(23)21-17(19)22-16(14)25/h1-4,8-9,12-13,24H,5-7H2,(H,26,27)(H3,19,21,22,25)/t9-,12-,13-/m1/s1. The number of hydrogen-bond donors (Lipinski definition) is 4. The Morgan fingerprint density at radius 2 is 2.10 bits per heavy atom. The average molecular weight is 456 g/mol. The van der Waals surface area contributed by atoms with E-state index in [1.807, 2.05) is 0 Å². The average Bonchev–Trinajstić information content (AvgIpc) is 3.07. The number of benzene rings is 1. The fourth-order valence-electron chi connectivity index (χ4n) is 3.58. The Hall–Kier alpha value is -2.43. The maximum Gasteiger partial charge on any atom is 0.527 e. The summed E-state index contributed by atoms with van der Waals surface area (Å²) in [6.45, 7) is -0.281. The van der Waals surface area contributed by atoms with E-state index in [-0.39, 0.29) is 48.3 Å². The molecule has 1 aliphatic rings. The third kappa shape index (κ3) is 4.07. The van der Waals surface area contributed by atoms with Crippen LogP contribution in [-0.2, 0) is 9.09 Å². The first-order chi connectivity index (χ1) is 14.3. The maximum atomic E-state index is 12.3. The fraction of sp³-hybridized carbons (Fsp3) is 0.353. The van der Waals surface area contributed by atoms with Gasteiger partial charge in [-0.1, -0.05) is 11.6 Å². The van der Waals surface area contributed by atoms with Gasteiger partial charge in [0.1, 0.15) is 5.75 Å². The molecular weight excluding hydrogens is 437 g/mol.